The molecule has 1 aliphatic heterocycles. The van der Waals surface area contributed by atoms with Gasteiger partial charge in [-0.2, -0.15) is 0 Å². The molecule has 0 N–H and O–H groups in total. The van der Waals surface area contributed by atoms with E-state index in [0.717, 1.165) is 34.0 Å². The number of aryl methyl sites for hydroxylation is 1. The highest BCUT2D eigenvalue weighted by atomic mass is 32.2. The first-order valence-corrected chi connectivity index (χ1v) is 10.6. The van der Waals surface area contributed by atoms with Crippen LogP contribution >= 0.6 is 11.8 Å². The number of carbonyl (C=O) groups excluding carboxylic acids is 2. The lowest BCUT2D eigenvalue weighted by molar-refractivity contribution is -0.123. The van der Waals surface area contributed by atoms with E-state index in [9.17, 15) is 14.0 Å². The number of rotatable bonds is 6. The van der Waals surface area contributed by atoms with E-state index in [1.165, 1.54) is 17.0 Å². The van der Waals surface area contributed by atoms with Crippen LogP contribution in [0.25, 0.3) is 6.08 Å². The minimum Gasteiger partial charge on any atom is -0.489 e. The molecule has 0 unspecified atom stereocenters. The zero-order valence-electron chi connectivity index (χ0n) is 16.9. The Morgan fingerprint density at radius 2 is 1.68 bits per heavy atom. The summed E-state index contributed by atoms with van der Waals surface area (Å²) in [5.41, 5.74) is 3.64. The molecule has 4 rings (SSSR count). The first-order valence-electron chi connectivity index (χ1n) is 9.76. The summed E-state index contributed by atoms with van der Waals surface area (Å²) in [7, 11) is 0. The summed E-state index contributed by atoms with van der Waals surface area (Å²) >= 11 is 0.939. The molecule has 1 heterocycles. The number of nitrogens with zero attached hydrogens (tertiary/aromatic N) is 1. The second-order valence-corrected chi connectivity index (χ2v) is 8.23. The zero-order chi connectivity index (χ0) is 21.8. The van der Waals surface area contributed by atoms with Gasteiger partial charge in [-0.1, -0.05) is 54.1 Å². The molecule has 4 nitrogen and oxygen atoms in total. The Kier molecular flexibility index (Phi) is 6.18. The first-order chi connectivity index (χ1) is 15.0. The van der Waals surface area contributed by atoms with Crippen molar-refractivity contribution in [3.05, 3.63) is 106 Å². The summed E-state index contributed by atoms with van der Waals surface area (Å²) in [4.78, 5) is 26.8. The Labute approximate surface area is 184 Å². The number of amides is 2. The average Bonchev–Trinajstić information content (AvgIpc) is 3.02. The SMILES string of the molecule is Cc1ccc(CN2C(=O)S/C(=C/c3cccc(OCc4ccc(F)cc4)c3)C2=O)cc1. The highest BCUT2D eigenvalue weighted by molar-refractivity contribution is 8.18. The van der Waals surface area contributed by atoms with Crippen LogP contribution in [0.3, 0.4) is 0 Å². The van der Waals surface area contributed by atoms with Crippen LogP contribution in [-0.4, -0.2) is 16.0 Å². The van der Waals surface area contributed by atoms with Crippen LogP contribution in [0, 0.1) is 12.7 Å². The van der Waals surface area contributed by atoms with E-state index >= 15 is 0 Å². The first kappa shape index (κ1) is 20.9. The summed E-state index contributed by atoms with van der Waals surface area (Å²) in [5, 5.41) is -0.277. The van der Waals surface area contributed by atoms with Gasteiger partial charge in [-0.15, -0.1) is 0 Å². The minimum atomic E-state index is -0.298. The Hall–Kier alpha value is -3.38. The van der Waals surface area contributed by atoms with Gasteiger partial charge >= 0.3 is 0 Å². The lowest BCUT2D eigenvalue weighted by atomic mass is 10.1. The van der Waals surface area contributed by atoms with E-state index in [0.29, 0.717) is 17.3 Å². The Balaban J connectivity index is 1.44. The molecule has 3 aromatic carbocycles. The molecule has 0 radical (unpaired) electrons. The third kappa shape index (κ3) is 5.22. The van der Waals surface area contributed by atoms with Gasteiger partial charge in [0.2, 0.25) is 0 Å². The van der Waals surface area contributed by atoms with Crippen molar-refractivity contribution in [2.45, 2.75) is 20.1 Å². The molecular formula is C25H20FNO3S. The molecule has 1 fully saturated rings. The van der Waals surface area contributed by atoms with Gasteiger partial charge in [-0.3, -0.25) is 14.5 Å². The molecule has 0 spiro atoms. The summed E-state index contributed by atoms with van der Waals surface area (Å²) in [6.07, 6.45) is 1.70. The highest BCUT2D eigenvalue weighted by Crippen LogP contribution is 2.33. The highest BCUT2D eigenvalue weighted by Gasteiger charge is 2.34. The smallest absolute Gasteiger partial charge is 0.293 e. The second kappa shape index (κ2) is 9.18. The molecule has 0 aliphatic carbocycles. The molecule has 0 bridgehead atoms. The number of ether oxygens (including phenoxy) is 1. The molecule has 0 saturated carbocycles. The maximum absolute atomic E-state index is 13.0. The zero-order valence-corrected chi connectivity index (χ0v) is 17.7. The molecule has 1 saturated heterocycles. The number of hydrogen-bond donors (Lipinski definition) is 0. The van der Waals surface area contributed by atoms with E-state index < -0.39 is 0 Å². The van der Waals surface area contributed by atoms with E-state index in [4.69, 9.17) is 4.74 Å². The minimum absolute atomic E-state index is 0.253. The number of hydrogen-bond acceptors (Lipinski definition) is 4. The van der Waals surface area contributed by atoms with Crippen molar-refractivity contribution in [3.63, 3.8) is 0 Å². The molecular weight excluding hydrogens is 413 g/mol. The fourth-order valence-corrected chi connectivity index (χ4v) is 3.94. The van der Waals surface area contributed by atoms with Crippen molar-refractivity contribution in [2.75, 3.05) is 0 Å². The van der Waals surface area contributed by atoms with Crippen molar-refractivity contribution in [1.82, 2.24) is 4.90 Å². The normalized spacial score (nSPS) is 15.0. The molecule has 0 aromatic heterocycles. The van der Waals surface area contributed by atoms with Gasteiger partial charge in [-0.05, 0) is 65.7 Å². The van der Waals surface area contributed by atoms with Crippen LogP contribution in [-0.2, 0) is 17.9 Å². The monoisotopic (exact) mass is 433 g/mol. The van der Waals surface area contributed by atoms with E-state index in [2.05, 4.69) is 0 Å². The fraction of sp³-hybridized carbons (Fsp3) is 0.120. The maximum Gasteiger partial charge on any atom is 0.293 e. The molecule has 2 amide bonds. The third-order valence-corrected chi connectivity index (χ3v) is 5.72. The predicted molar refractivity (Wildman–Crippen MR) is 120 cm³/mol. The van der Waals surface area contributed by atoms with Crippen molar-refractivity contribution >= 4 is 29.0 Å². The van der Waals surface area contributed by atoms with Crippen LogP contribution in [0.1, 0.15) is 22.3 Å². The number of imide groups is 1. The van der Waals surface area contributed by atoms with Crippen LogP contribution in [0.5, 0.6) is 5.75 Å². The van der Waals surface area contributed by atoms with Crippen molar-refractivity contribution < 1.29 is 18.7 Å². The third-order valence-electron chi connectivity index (χ3n) is 4.81. The fourth-order valence-electron chi connectivity index (χ4n) is 3.11. The molecule has 31 heavy (non-hydrogen) atoms. The van der Waals surface area contributed by atoms with E-state index in [1.54, 1.807) is 24.3 Å². The Bertz CT molecular complexity index is 1140. The van der Waals surface area contributed by atoms with E-state index in [1.807, 2.05) is 49.4 Å². The number of halogens is 1. The van der Waals surface area contributed by atoms with Crippen molar-refractivity contribution in [1.29, 1.82) is 0 Å². The van der Waals surface area contributed by atoms with Crippen LogP contribution < -0.4 is 4.74 Å². The van der Waals surface area contributed by atoms with Gasteiger partial charge in [0, 0.05) is 0 Å². The van der Waals surface area contributed by atoms with Gasteiger partial charge in [-0.25, -0.2) is 4.39 Å². The van der Waals surface area contributed by atoms with Gasteiger partial charge in [0.15, 0.2) is 0 Å². The van der Waals surface area contributed by atoms with Crippen LogP contribution in [0.2, 0.25) is 0 Å². The predicted octanol–water partition coefficient (Wildman–Crippen LogP) is 5.95. The van der Waals surface area contributed by atoms with Gasteiger partial charge < -0.3 is 4.74 Å². The Morgan fingerprint density at radius 1 is 0.968 bits per heavy atom. The molecule has 0 atom stereocenters. The molecule has 3 aromatic rings. The topological polar surface area (TPSA) is 46.6 Å². The average molecular weight is 434 g/mol. The molecule has 156 valence electrons. The second-order valence-electron chi connectivity index (χ2n) is 7.24. The number of benzene rings is 3. The number of thioether (sulfide) groups is 1. The Morgan fingerprint density at radius 3 is 2.42 bits per heavy atom. The quantitative estimate of drug-likeness (QED) is 0.451. The summed E-state index contributed by atoms with van der Waals surface area (Å²) in [5.74, 6) is 0.0345. The van der Waals surface area contributed by atoms with E-state index in [-0.39, 0.29) is 23.5 Å². The summed E-state index contributed by atoms with van der Waals surface area (Å²) in [6.45, 7) is 2.55. The van der Waals surface area contributed by atoms with Gasteiger partial charge in [0.1, 0.15) is 18.2 Å². The largest absolute Gasteiger partial charge is 0.489 e. The van der Waals surface area contributed by atoms with Crippen LogP contribution in [0.15, 0.2) is 77.7 Å². The lowest BCUT2D eigenvalue weighted by Gasteiger charge is -2.12. The molecule has 1 aliphatic rings. The van der Waals surface area contributed by atoms with Crippen molar-refractivity contribution in [2.24, 2.45) is 0 Å². The standard InChI is InChI=1S/C25H20FNO3S/c1-17-5-7-18(8-6-17)15-27-24(28)23(31-25(27)29)14-20-3-2-4-22(13-20)30-16-19-9-11-21(26)12-10-19/h2-14H,15-16H2,1H3/b23-14+. The lowest BCUT2D eigenvalue weighted by Crippen LogP contribution is -2.27. The van der Waals surface area contributed by atoms with Gasteiger partial charge in [0.25, 0.3) is 11.1 Å². The molecule has 6 heteroatoms. The van der Waals surface area contributed by atoms with Crippen LogP contribution in [0.4, 0.5) is 9.18 Å². The van der Waals surface area contributed by atoms with Gasteiger partial charge in [0.05, 0.1) is 11.4 Å². The van der Waals surface area contributed by atoms with Crippen molar-refractivity contribution in [3.8, 4) is 5.75 Å². The maximum atomic E-state index is 13.0. The summed E-state index contributed by atoms with van der Waals surface area (Å²) < 4.78 is 18.8. The number of carbonyl (C=O) groups is 2. The summed E-state index contributed by atoms with van der Waals surface area (Å²) in [6, 6.07) is 21.2.